The van der Waals surface area contributed by atoms with Crippen LogP contribution in [0.1, 0.15) is 0 Å². The van der Waals surface area contributed by atoms with E-state index in [9.17, 15) is 0 Å². The van der Waals surface area contributed by atoms with Gasteiger partial charge in [0.05, 0.1) is 29.5 Å². The number of nitrogens with zero attached hydrogens (tertiary/aromatic N) is 2. The molecule has 1 aromatic carbocycles. The molecule has 1 heterocycles. The molecule has 14 heavy (non-hydrogen) atoms. The molecule has 0 atom stereocenters. The molecule has 0 bridgehead atoms. The van der Waals surface area contributed by atoms with Crippen LogP contribution in [-0.4, -0.2) is 9.97 Å². The standard InChI is InChI=1S/C10H10N4/c11-9-3-1-2-4-10(9)14-8-5-12-7-13-6-8/h1-7,14H,11H2. The lowest BCUT2D eigenvalue weighted by Gasteiger charge is -2.07. The summed E-state index contributed by atoms with van der Waals surface area (Å²) in [6.45, 7) is 0. The van der Waals surface area contributed by atoms with E-state index in [4.69, 9.17) is 5.73 Å². The van der Waals surface area contributed by atoms with Gasteiger partial charge in [0.2, 0.25) is 0 Å². The first kappa shape index (κ1) is 8.50. The molecule has 2 aromatic rings. The van der Waals surface area contributed by atoms with E-state index < -0.39 is 0 Å². The second-order valence-corrected chi connectivity index (χ2v) is 2.84. The molecule has 4 heteroatoms. The minimum Gasteiger partial charge on any atom is -0.397 e. The van der Waals surface area contributed by atoms with E-state index in [1.54, 1.807) is 12.4 Å². The molecule has 0 spiro atoms. The van der Waals surface area contributed by atoms with Gasteiger partial charge in [-0.2, -0.15) is 0 Å². The fourth-order valence-corrected chi connectivity index (χ4v) is 1.13. The average molecular weight is 186 g/mol. The van der Waals surface area contributed by atoms with Crippen molar-refractivity contribution in [2.45, 2.75) is 0 Å². The van der Waals surface area contributed by atoms with Crippen molar-refractivity contribution in [3.8, 4) is 0 Å². The van der Waals surface area contributed by atoms with Crippen molar-refractivity contribution >= 4 is 17.1 Å². The quantitative estimate of drug-likeness (QED) is 0.702. The Balaban J connectivity index is 2.24. The Hall–Kier alpha value is -2.10. The van der Waals surface area contributed by atoms with Crippen molar-refractivity contribution in [3.63, 3.8) is 0 Å². The normalized spacial score (nSPS) is 9.71. The van der Waals surface area contributed by atoms with E-state index >= 15 is 0 Å². The molecule has 0 aliphatic carbocycles. The van der Waals surface area contributed by atoms with Crippen molar-refractivity contribution < 1.29 is 0 Å². The molecular weight excluding hydrogens is 176 g/mol. The van der Waals surface area contributed by atoms with Crippen LogP contribution in [0.3, 0.4) is 0 Å². The Kier molecular flexibility index (Phi) is 2.27. The van der Waals surface area contributed by atoms with Crippen molar-refractivity contribution in [3.05, 3.63) is 43.0 Å². The number of hydrogen-bond donors (Lipinski definition) is 2. The summed E-state index contributed by atoms with van der Waals surface area (Å²) in [4.78, 5) is 7.79. The van der Waals surface area contributed by atoms with Crippen LogP contribution >= 0.6 is 0 Å². The number of nitrogens with two attached hydrogens (primary N) is 1. The van der Waals surface area contributed by atoms with Gasteiger partial charge in [-0.1, -0.05) is 12.1 Å². The summed E-state index contributed by atoms with van der Waals surface area (Å²) in [6, 6.07) is 7.55. The maximum absolute atomic E-state index is 5.77. The van der Waals surface area contributed by atoms with Crippen molar-refractivity contribution in [2.75, 3.05) is 11.1 Å². The van der Waals surface area contributed by atoms with Gasteiger partial charge in [0.15, 0.2) is 0 Å². The number of aromatic nitrogens is 2. The number of anilines is 3. The third-order valence-electron chi connectivity index (χ3n) is 1.80. The van der Waals surface area contributed by atoms with Gasteiger partial charge in [0.25, 0.3) is 0 Å². The van der Waals surface area contributed by atoms with E-state index in [1.807, 2.05) is 24.3 Å². The Morgan fingerprint density at radius 1 is 1.07 bits per heavy atom. The van der Waals surface area contributed by atoms with Crippen LogP contribution in [0.5, 0.6) is 0 Å². The van der Waals surface area contributed by atoms with Gasteiger partial charge in [0.1, 0.15) is 6.33 Å². The molecule has 0 aliphatic heterocycles. The zero-order valence-corrected chi connectivity index (χ0v) is 7.51. The van der Waals surface area contributed by atoms with Gasteiger partial charge in [-0.15, -0.1) is 0 Å². The lowest BCUT2D eigenvalue weighted by Crippen LogP contribution is -1.96. The number of para-hydroxylation sites is 2. The zero-order chi connectivity index (χ0) is 9.80. The van der Waals surface area contributed by atoms with Crippen molar-refractivity contribution in [1.82, 2.24) is 9.97 Å². The zero-order valence-electron chi connectivity index (χ0n) is 7.51. The Bertz CT molecular complexity index is 413. The lowest BCUT2D eigenvalue weighted by molar-refractivity contribution is 1.17. The second kappa shape index (κ2) is 3.74. The maximum Gasteiger partial charge on any atom is 0.115 e. The van der Waals surface area contributed by atoms with E-state index in [0.717, 1.165) is 11.4 Å². The topological polar surface area (TPSA) is 63.8 Å². The van der Waals surface area contributed by atoms with Gasteiger partial charge in [-0.05, 0) is 12.1 Å². The van der Waals surface area contributed by atoms with Gasteiger partial charge in [-0.25, -0.2) is 9.97 Å². The van der Waals surface area contributed by atoms with Crippen molar-refractivity contribution in [2.24, 2.45) is 0 Å². The summed E-state index contributed by atoms with van der Waals surface area (Å²) < 4.78 is 0. The summed E-state index contributed by atoms with van der Waals surface area (Å²) >= 11 is 0. The first-order valence-corrected chi connectivity index (χ1v) is 4.23. The highest BCUT2D eigenvalue weighted by Crippen LogP contribution is 2.20. The monoisotopic (exact) mass is 186 g/mol. The first-order chi connectivity index (χ1) is 6.86. The minimum absolute atomic E-state index is 0.705. The Morgan fingerprint density at radius 2 is 1.79 bits per heavy atom. The van der Waals surface area contributed by atoms with Crippen LogP contribution in [0.2, 0.25) is 0 Å². The third kappa shape index (κ3) is 1.80. The largest absolute Gasteiger partial charge is 0.397 e. The number of nitrogen functional groups attached to an aromatic ring is 1. The van der Waals surface area contributed by atoms with Crippen LogP contribution in [0.4, 0.5) is 17.1 Å². The molecule has 1 aromatic heterocycles. The average Bonchev–Trinajstić information content (AvgIpc) is 2.23. The van der Waals surface area contributed by atoms with Crippen LogP contribution in [0, 0.1) is 0 Å². The second-order valence-electron chi connectivity index (χ2n) is 2.84. The maximum atomic E-state index is 5.77. The van der Waals surface area contributed by atoms with Crippen LogP contribution in [0.25, 0.3) is 0 Å². The van der Waals surface area contributed by atoms with Crippen molar-refractivity contribution in [1.29, 1.82) is 0 Å². The molecule has 0 fully saturated rings. The fourth-order valence-electron chi connectivity index (χ4n) is 1.13. The molecule has 4 nitrogen and oxygen atoms in total. The van der Waals surface area contributed by atoms with Crippen LogP contribution in [0.15, 0.2) is 43.0 Å². The highest BCUT2D eigenvalue weighted by atomic mass is 14.9. The first-order valence-electron chi connectivity index (χ1n) is 4.23. The van der Waals surface area contributed by atoms with Gasteiger partial charge in [0, 0.05) is 0 Å². The summed E-state index contributed by atoms with van der Waals surface area (Å²) in [7, 11) is 0. The molecule has 0 saturated heterocycles. The molecule has 0 saturated carbocycles. The van der Waals surface area contributed by atoms with Gasteiger partial charge >= 0.3 is 0 Å². The summed E-state index contributed by atoms with van der Waals surface area (Å²) in [6.07, 6.45) is 4.87. The number of hydrogen-bond acceptors (Lipinski definition) is 4. The van der Waals surface area contributed by atoms with E-state index in [1.165, 1.54) is 6.33 Å². The van der Waals surface area contributed by atoms with Crippen LogP contribution < -0.4 is 11.1 Å². The molecule has 0 radical (unpaired) electrons. The molecule has 0 amide bonds. The van der Waals surface area contributed by atoms with E-state index in [-0.39, 0.29) is 0 Å². The molecule has 0 aliphatic rings. The highest BCUT2D eigenvalue weighted by molar-refractivity contribution is 5.71. The summed E-state index contributed by atoms with van der Waals surface area (Å²) in [5.41, 5.74) is 8.16. The SMILES string of the molecule is Nc1ccccc1Nc1cncnc1. The fraction of sp³-hybridized carbons (Fsp3) is 0. The molecule has 2 rings (SSSR count). The third-order valence-corrected chi connectivity index (χ3v) is 1.80. The number of benzene rings is 1. The predicted molar refractivity (Wildman–Crippen MR) is 56.2 cm³/mol. The highest BCUT2D eigenvalue weighted by Gasteiger charge is 1.97. The molecule has 70 valence electrons. The predicted octanol–water partition coefficient (Wildman–Crippen LogP) is 1.80. The Labute approximate surface area is 81.8 Å². The molecular formula is C10H10N4. The smallest absolute Gasteiger partial charge is 0.115 e. The van der Waals surface area contributed by atoms with Gasteiger partial charge in [-0.3, -0.25) is 0 Å². The summed E-state index contributed by atoms with van der Waals surface area (Å²) in [5, 5.41) is 3.12. The lowest BCUT2D eigenvalue weighted by atomic mass is 10.2. The van der Waals surface area contributed by atoms with E-state index in [0.29, 0.717) is 5.69 Å². The number of nitrogens with one attached hydrogen (secondary N) is 1. The molecule has 3 N–H and O–H groups in total. The van der Waals surface area contributed by atoms with Gasteiger partial charge < -0.3 is 11.1 Å². The van der Waals surface area contributed by atoms with Crippen LogP contribution in [-0.2, 0) is 0 Å². The number of rotatable bonds is 2. The minimum atomic E-state index is 0.705. The summed E-state index contributed by atoms with van der Waals surface area (Å²) in [5.74, 6) is 0. The molecule has 0 unspecified atom stereocenters. The van der Waals surface area contributed by atoms with E-state index in [2.05, 4.69) is 15.3 Å². The Morgan fingerprint density at radius 3 is 2.50 bits per heavy atom.